The number of benzene rings is 1. The van der Waals surface area contributed by atoms with Crippen LogP contribution in [0.4, 0.5) is 11.6 Å². The summed E-state index contributed by atoms with van der Waals surface area (Å²) in [5.41, 5.74) is 2.30. The van der Waals surface area contributed by atoms with Gasteiger partial charge in [-0.2, -0.15) is 0 Å². The van der Waals surface area contributed by atoms with Crippen LogP contribution in [-0.2, 0) is 0 Å². The van der Waals surface area contributed by atoms with Crippen LogP contribution < -0.4 is 10.6 Å². The van der Waals surface area contributed by atoms with E-state index in [0.717, 1.165) is 28.6 Å². The summed E-state index contributed by atoms with van der Waals surface area (Å²) >= 11 is 3.46. The first-order chi connectivity index (χ1) is 11.6. The van der Waals surface area contributed by atoms with E-state index in [9.17, 15) is 4.79 Å². The van der Waals surface area contributed by atoms with E-state index < -0.39 is 0 Å². The van der Waals surface area contributed by atoms with E-state index in [1.807, 2.05) is 25.1 Å². The molecule has 0 atom stereocenters. The first kappa shape index (κ1) is 16.9. The fourth-order valence-corrected chi connectivity index (χ4v) is 3.20. The third-order valence-electron chi connectivity index (χ3n) is 4.28. The Morgan fingerprint density at radius 1 is 1.17 bits per heavy atom. The van der Waals surface area contributed by atoms with Crippen molar-refractivity contribution in [2.24, 2.45) is 0 Å². The van der Waals surface area contributed by atoms with E-state index in [1.54, 1.807) is 12.4 Å². The largest absolute Gasteiger partial charge is 0.351 e. The summed E-state index contributed by atoms with van der Waals surface area (Å²) in [6, 6.07) is 6.15. The van der Waals surface area contributed by atoms with Crippen molar-refractivity contribution in [1.82, 2.24) is 9.97 Å². The molecule has 3 rings (SSSR count). The third-order valence-corrected chi connectivity index (χ3v) is 5.14. The lowest BCUT2D eigenvalue weighted by atomic mass is 9.96. The average Bonchev–Trinajstić information content (AvgIpc) is 2.60. The highest BCUT2D eigenvalue weighted by molar-refractivity contribution is 9.10. The van der Waals surface area contributed by atoms with Crippen LogP contribution >= 0.6 is 15.9 Å². The Hall–Kier alpha value is -1.95. The molecule has 1 aliphatic rings. The van der Waals surface area contributed by atoms with Crippen LogP contribution in [0.15, 0.2) is 35.1 Å². The van der Waals surface area contributed by atoms with Crippen LogP contribution in [0.3, 0.4) is 0 Å². The van der Waals surface area contributed by atoms with Gasteiger partial charge in [0.25, 0.3) is 5.91 Å². The molecule has 126 valence electrons. The molecule has 0 radical (unpaired) electrons. The number of hydrogen-bond donors (Lipinski definition) is 2. The molecular weight excluding hydrogens is 368 g/mol. The summed E-state index contributed by atoms with van der Waals surface area (Å²) in [5, 5.41) is 6.21. The van der Waals surface area contributed by atoms with Gasteiger partial charge >= 0.3 is 0 Å². The first-order valence-electron chi connectivity index (χ1n) is 8.28. The van der Waals surface area contributed by atoms with Gasteiger partial charge in [0.15, 0.2) is 0 Å². The van der Waals surface area contributed by atoms with Gasteiger partial charge in [0.1, 0.15) is 0 Å². The van der Waals surface area contributed by atoms with Crippen LogP contribution in [0, 0.1) is 6.92 Å². The minimum absolute atomic E-state index is 0.213. The zero-order valence-corrected chi connectivity index (χ0v) is 15.3. The molecule has 0 saturated heterocycles. The number of amides is 1. The molecular formula is C18H21BrN4O. The van der Waals surface area contributed by atoms with Gasteiger partial charge in [-0.25, -0.2) is 9.97 Å². The number of hydrogen-bond acceptors (Lipinski definition) is 4. The summed E-state index contributed by atoms with van der Waals surface area (Å²) < 4.78 is 0.962. The standard InChI is InChI=1S/C18H21BrN4O/c1-12-7-8-15(9-16(12)19)22-17(24)13-10-20-18(21-11-13)23-14-5-3-2-4-6-14/h7-11,14H,2-6H2,1H3,(H,22,24)(H,20,21,23). The maximum atomic E-state index is 12.3. The van der Waals surface area contributed by atoms with E-state index in [4.69, 9.17) is 0 Å². The zero-order valence-electron chi connectivity index (χ0n) is 13.7. The highest BCUT2D eigenvalue weighted by atomic mass is 79.9. The molecule has 5 nitrogen and oxygen atoms in total. The van der Waals surface area contributed by atoms with Crippen molar-refractivity contribution < 1.29 is 4.79 Å². The number of carbonyl (C=O) groups is 1. The van der Waals surface area contributed by atoms with Crippen molar-refractivity contribution in [1.29, 1.82) is 0 Å². The molecule has 0 aliphatic heterocycles. The monoisotopic (exact) mass is 388 g/mol. The second-order valence-corrected chi connectivity index (χ2v) is 7.05. The molecule has 0 spiro atoms. The summed E-state index contributed by atoms with van der Waals surface area (Å²) in [6.07, 6.45) is 9.27. The van der Waals surface area contributed by atoms with Crippen molar-refractivity contribution in [3.8, 4) is 0 Å². The number of rotatable bonds is 4. The van der Waals surface area contributed by atoms with Gasteiger partial charge in [-0.1, -0.05) is 41.3 Å². The maximum absolute atomic E-state index is 12.3. The SMILES string of the molecule is Cc1ccc(NC(=O)c2cnc(NC3CCCCC3)nc2)cc1Br. The van der Waals surface area contributed by atoms with Crippen LogP contribution in [0.25, 0.3) is 0 Å². The second kappa shape index (κ2) is 7.75. The third kappa shape index (κ3) is 4.32. The van der Waals surface area contributed by atoms with Gasteiger partial charge in [-0.3, -0.25) is 4.79 Å². The minimum atomic E-state index is -0.213. The lowest BCUT2D eigenvalue weighted by Crippen LogP contribution is -2.23. The Morgan fingerprint density at radius 3 is 2.54 bits per heavy atom. The Labute approximate surface area is 150 Å². The normalized spacial score (nSPS) is 15.1. The van der Waals surface area contributed by atoms with Crippen LogP contribution in [0.5, 0.6) is 0 Å². The molecule has 1 aromatic heterocycles. The van der Waals surface area contributed by atoms with Gasteiger partial charge in [-0.15, -0.1) is 0 Å². The number of anilines is 2. The molecule has 1 heterocycles. The van der Waals surface area contributed by atoms with Gasteiger partial charge in [0.2, 0.25) is 5.95 Å². The molecule has 1 amide bonds. The highest BCUT2D eigenvalue weighted by Gasteiger charge is 2.14. The predicted octanol–water partition coefficient (Wildman–Crippen LogP) is 4.54. The first-order valence-corrected chi connectivity index (χ1v) is 9.07. The molecule has 1 saturated carbocycles. The molecule has 0 bridgehead atoms. The number of carbonyl (C=O) groups excluding carboxylic acids is 1. The molecule has 2 N–H and O–H groups in total. The van der Waals surface area contributed by atoms with Gasteiger partial charge in [-0.05, 0) is 37.5 Å². The van der Waals surface area contributed by atoms with E-state index in [1.165, 1.54) is 19.3 Å². The van der Waals surface area contributed by atoms with Gasteiger partial charge in [0, 0.05) is 28.6 Å². The fraction of sp³-hybridized carbons (Fsp3) is 0.389. The smallest absolute Gasteiger partial charge is 0.258 e. The second-order valence-electron chi connectivity index (χ2n) is 6.19. The highest BCUT2D eigenvalue weighted by Crippen LogP contribution is 2.22. The zero-order chi connectivity index (χ0) is 16.9. The van der Waals surface area contributed by atoms with E-state index in [-0.39, 0.29) is 5.91 Å². The molecule has 1 fully saturated rings. The van der Waals surface area contributed by atoms with E-state index in [2.05, 4.69) is 36.5 Å². The van der Waals surface area contributed by atoms with Crippen LogP contribution in [0.1, 0.15) is 48.0 Å². The number of aryl methyl sites for hydroxylation is 1. The van der Waals surface area contributed by atoms with Crippen molar-refractivity contribution >= 4 is 33.5 Å². The van der Waals surface area contributed by atoms with Gasteiger partial charge < -0.3 is 10.6 Å². The minimum Gasteiger partial charge on any atom is -0.351 e. The summed E-state index contributed by atoms with van der Waals surface area (Å²) in [5.74, 6) is 0.381. The van der Waals surface area contributed by atoms with E-state index >= 15 is 0 Å². The quantitative estimate of drug-likeness (QED) is 0.806. The number of aromatic nitrogens is 2. The molecule has 24 heavy (non-hydrogen) atoms. The van der Waals surface area contributed by atoms with Crippen LogP contribution in [0.2, 0.25) is 0 Å². The lowest BCUT2D eigenvalue weighted by Gasteiger charge is -2.22. The van der Waals surface area contributed by atoms with Crippen molar-refractivity contribution in [2.75, 3.05) is 10.6 Å². The molecule has 1 aromatic carbocycles. The van der Waals surface area contributed by atoms with Crippen molar-refractivity contribution in [3.05, 3.63) is 46.2 Å². The topological polar surface area (TPSA) is 66.9 Å². The lowest BCUT2D eigenvalue weighted by molar-refractivity contribution is 0.102. The Balaban J connectivity index is 1.61. The van der Waals surface area contributed by atoms with E-state index in [0.29, 0.717) is 17.6 Å². The summed E-state index contributed by atoms with van der Waals surface area (Å²) in [6.45, 7) is 2.00. The number of halogens is 1. The fourth-order valence-electron chi connectivity index (χ4n) is 2.82. The van der Waals surface area contributed by atoms with Crippen LogP contribution in [-0.4, -0.2) is 21.9 Å². The van der Waals surface area contributed by atoms with Crippen molar-refractivity contribution in [2.45, 2.75) is 45.1 Å². The Bertz CT molecular complexity index is 711. The summed E-state index contributed by atoms with van der Waals surface area (Å²) in [4.78, 5) is 20.8. The number of nitrogens with zero attached hydrogens (tertiary/aromatic N) is 2. The Kier molecular flexibility index (Phi) is 5.45. The summed E-state index contributed by atoms with van der Waals surface area (Å²) in [7, 11) is 0. The maximum Gasteiger partial charge on any atom is 0.258 e. The average molecular weight is 389 g/mol. The molecule has 0 unspecified atom stereocenters. The number of nitrogens with one attached hydrogen (secondary N) is 2. The van der Waals surface area contributed by atoms with Gasteiger partial charge in [0.05, 0.1) is 5.56 Å². The molecule has 6 heteroatoms. The Morgan fingerprint density at radius 2 is 1.88 bits per heavy atom. The molecule has 1 aliphatic carbocycles. The van der Waals surface area contributed by atoms with Crippen molar-refractivity contribution in [3.63, 3.8) is 0 Å². The molecule has 2 aromatic rings. The predicted molar refractivity (Wildman–Crippen MR) is 99.4 cm³/mol.